The number of nitrogens with one attached hydrogen (secondary N) is 2. The molecule has 3 aromatic rings. The topological polar surface area (TPSA) is 41.1 Å². The minimum Gasteiger partial charge on any atom is -0.325 e. The highest BCUT2D eigenvalue weighted by molar-refractivity contribution is 5.92. The van der Waals surface area contributed by atoms with Gasteiger partial charge in [-0.2, -0.15) is 0 Å². The Hall–Kier alpha value is -2.65. The largest absolute Gasteiger partial charge is 0.325 e. The van der Waals surface area contributed by atoms with Crippen LogP contribution in [0.3, 0.4) is 0 Å². The summed E-state index contributed by atoms with van der Waals surface area (Å²) in [6, 6.07) is 24.2. The molecule has 116 valence electrons. The van der Waals surface area contributed by atoms with Crippen LogP contribution in [0.2, 0.25) is 0 Å². The van der Waals surface area contributed by atoms with E-state index in [2.05, 4.69) is 47.9 Å². The summed E-state index contributed by atoms with van der Waals surface area (Å²) in [5.74, 6) is -0.0386. The van der Waals surface area contributed by atoms with Gasteiger partial charge in [0.1, 0.15) is 0 Å². The van der Waals surface area contributed by atoms with Gasteiger partial charge in [-0.15, -0.1) is 0 Å². The fourth-order valence-electron chi connectivity index (χ4n) is 2.71. The van der Waals surface area contributed by atoms with Gasteiger partial charge in [0.2, 0.25) is 5.91 Å². The first-order valence-corrected chi connectivity index (χ1v) is 7.80. The molecule has 0 unspecified atom stereocenters. The predicted octanol–water partition coefficient (Wildman–Crippen LogP) is 4.13. The van der Waals surface area contributed by atoms with E-state index >= 15 is 0 Å². The summed E-state index contributed by atoms with van der Waals surface area (Å²) < 4.78 is 0. The lowest BCUT2D eigenvalue weighted by Gasteiger charge is -2.16. The van der Waals surface area contributed by atoms with Crippen molar-refractivity contribution in [1.82, 2.24) is 5.32 Å². The number of hydrogen-bond acceptors (Lipinski definition) is 2. The summed E-state index contributed by atoms with van der Waals surface area (Å²) in [5, 5.41) is 8.62. The Morgan fingerprint density at radius 3 is 2.43 bits per heavy atom. The van der Waals surface area contributed by atoms with Crippen molar-refractivity contribution in [3.63, 3.8) is 0 Å². The number of benzene rings is 3. The van der Waals surface area contributed by atoms with Crippen molar-refractivity contribution in [2.24, 2.45) is 0 Å². The molecule has 0 aliphatic heterocycles. The maximum atomic E-state index is 12.0. The van der Waals surface area contributed by atoms with Gasteiger partial charge >= 0.3 is 0 Å². The highest BCUT2D eigenvalue weighted by atomic mass is 16.1. The van der Waals surface area contributed by atoms with E-state index in [9.17, 15) is 4.79 Å². The monoisotopic (exact) mass is 304 g/mol. The minimum atomic E-state index is -0.0386. The number of fused-ring (bicyclic) bond motifs is 1. The molecule has 23 heavy (non-hydrogen) atoms. The molecule has 3 heteroatoms. The van der Waals surface area contributed by atoms with Crippen molar-refractivity contribution in [2.75, 3.05) is 11.9 Å². The van der Waals surface area contributed by atoms with Gasteiger partial charge in [0.15, 0.2) is 0 Å². The van der Waals surface area contributed by atoms with Gasteiger partial charge in [0.25, 0.3) is 0 Å². The number of carbonyl (C=O) groups excluding carboxylic acids is 1. The number of anilines is 1. The third-order valence-corrected chi connectivity index (χ3v) is 3.92. The maximum absolute atomic E-state index is 12.0. The zero-order valence-electron chi connectivity index (χ0n) is 13.1. The van der Waals surface area contributed by atoms with Crippen LogP contribution in [0, 0.1) is 0 Å². The molecule has 0 bridgehead atoms. The standard InChI is InChI=1S/C20H20N2O/c1-15(18-13-7-9-16-8-5-6-12-19(16)18)21-14-20(23)22-17-10-3-2-4-11-17/h2-13,15,21H,14H2,1H3,(H,22,23)/t15-/m0/s1. The van der Waals surface area contributed by atoms with Crippen molar-refractivity contribution >= 4 is 22.4 Å². The van der Waals surface area contributed by atoms with Gasteiger partial charge in [0, 0.05) is 11.7 Å². The van der Waals surface area contributed by atoms with E-state index in [0.717, 1.165) is 5.69 Å². The van der Waals surface area contributed by atoms with E-state index < -0.39 is 0 Å². The summed E-state index contributed by atoms with van der Waals surface area (Å²) in [6.45, 7) is 2.36. The SMILES string of the molecule is C[C@H](NCC(=O)Nc1ccccc1)c1cccc2ccccc12. The average molecular weight is 304 g/mol. The van der Waals surface area contributed by atoms with Crippen LogP contribution in [0.4, 0.5) is 5.69 Å². The molecule has 3 nitrogen and oxygen atoms in total. The lowest BCUT2D eigenvalue weighted by Crippen LogP contribution is -2.30. The molecular weight excluding hydrogens is 284 g/mol. The van der Waals surface area contributed by atoms with Crippen LogP contribution in [0.5, 0.6) is 0 Å². The molecule has 2 N–H and O–H groups in total. The highest BCUT2D eigenvalue weighted by Gasteiger charge is 2.10. The molecule has 0 fully saturated rings. The molecule has 0 saturated carbocycles. The Balaban J connectivity index is 1.65. The smallest absolute Gasteiger partial charge is 0.238 e. The molecule has 0 spiro atoms. The maximum Gasteiger partial charge on any atom is 0.238 e. The summed E-state index contributed by atoms with van der Waals surface area (Å²) in [4.78, 5) is 12.0. The van der Waals surface area contributed by atoms with Gasteiger partial charge in [0.05, 0.1) is 6.54 Å². The highest BCUT2D eigenvalue weighted by Crippen LogP contribution is 2.23. The molecule has 0 aromatic heterocycles. The number of para-hydroxylation sites is 1. The predicted molar refractivity (Wildman–Crippen MR) is 95.4 cm³/mol. The average Bonchev–Trinajstić information content (AvgIpc) is 2.60. The van der Waals surface area contributed by atoms with E-state index in [1.165, 1.54) is 16.3 Å². The Morgan fingerprint density at radius 2 is 1.61 bits per heavy atom. The fourth-order valence-corrected chi connectivity index (χ4v) is 2.71. The molecule has 1 amide bonds. The van der Waals surface area contributed by atoms with E-state index in [-0.39, 0.29) is 18.5 Å². The van der Waals surface area contributed by atoms with Crippen molar-refractivity contribution in [1.29, 1.82) is 0 Å². The van der Waals surface area contributed by atoms with Crippen LogP contribution < -0.4 is 10.6 Å². The van der Waals surface area contributed by atoms with Crippen LogP contribution >= 0.6 is 0 Å². The zero-order valence-corrected chi connectivity index (χ0v) is 13.1. The van der Waals surface area contributed by atoms with Gasteiger partial charge in [-0.05, 0) is 35.4 Å². The minimum absolute atomic E-state index is 0.0386. The Morgan fingerprint density at radius 1 is 0.913 bits per heavy atom. The van der Waals surface area contributed by atoms with E-state index in [1.807, 2.05) is 42.5 Å². The normalized spacial score (nSPS) is 12.0. The third-order valence-electron chi connectivity index (χ3n) is 3.92. The van der Waals surface area contributed by atoms with Gasteiger partial charge in [-0.1, -0.05) is 60.7 Å². The fraction of sp³-hybridized carbons (Fsp3) is 0.150. The van der Waals surface area contributed by atoms with Gasteiger partial charge in [-0.25, -0.2) is 0 Å². The quantitative estimate of drug-likeness (QED) is 0.744. The van der Waals surface area contributed by atoms with Crippen LogP contribution in [0.25, 0.3) is 10.8 Å². The summed E-state index contributed by atoms with van der Waals surface area (Å²) in [5.41, 5.74) is 2.02. The Labute approximate surface area is 136 Å². The number of hydrogen-bond donors (Lipinski definition) is 2. The number of amides is 1. The molecule has 0 heterocycles. The second-order valence-corrected chi connectivity index (χ2v) is 5.59. The first-order valence-electron chi connectivity index (χ1n) is 7.80. The van der Waals surface area contributed by atoms with E-state index in [1.54, 1.807) is 0 Å². The van der Waals surface area contributed by atoms with Crippen molar-refractivity contribution in [3.8, 4) is 0 Å². The lowest BCUT2D eigenvalue weighted by atomic mass is 10.00. The second-order valence-electron chi connectivity index (χ2n) is 5.59. The molecule has 3 rings (SSSR count). The van der Waals surface area contributed by atoms with Crippen LogP contribution in [-0.2, 0) is 4.79 Å². The zero-order chi connectivity index (χ0) is 16.1. The van der Waals surface area contributed by atoms with Crippen molar-refractivity contribution in [3.05, 3.63) is 78.4 Å². The molecule has 1 atom stereocenters. The first kappa shape index (κ1) is 15.3. The van der Waals surface area contributed by atoms with Gasteiger partial charge in [-0.3, -0.25) is 4.79 Å². The van der Waals surface area contributed by atoms with E-state index in [4.69, 9.17) is 0 Å². The summed E-state index contributed by atoms with van der Waals surface area (Å²) in [6.07, 6.45) is 0. The molecule has 0 aliphatic rings. The van der Waals surface area contributed by atoms with Crippen LogP contribution in [-0.4, -0.2) is 12.5 Å². The van der Waals surface area contributed by atoms with Crippen molar-refractivity contribution in [2.45, 2.75) is 13.0 Å². The van der Waals surface area contributed by atoms with Gasteiger partial charge < -0.3 is 10.6 Å². The Bertz CT molecular complexity index is 794. The lowest BCUT2D eigenvalue weighted by molar-refractivity contribution is -0.115. The first-order chi connectivity index (χ1) is 11.2. The number of rotatable bonds is 5. The molecule has 0 radical (unpaired) electrons. The third kappa shape index (κ3) is 3.76. The van der Waals surface area contributed by atoms with Crippen LogP contribution in [0.15, 0.2) is 72.8 Å². The van der Waals surface area contributed by atoms with E-state index in [0.29, 0.717) is 0 Å². The summed E-state index contributed by atoms with van der Waals surface area (Å²) in [7, 11) is 0. The molecular formula is C20H20N2O. The molecule has 0 saturated heterocycles. The van der Waals surface area contributed by atoms with Crippen LogP contribution in [0.1, 0.15) is 18.5 Å². The second kappa shape index (κ2) is 7.07. The molecule has 0 aliphatic carbocycles. The summed E-state index contributed by atoms with van der Waals surface area (Å²) >= 11 is 0. The molecule has 3 aromatic carbocycles. The number of carbonyl (C=O) groups is 1. The van der Waals surface area contributed by atoms with Crippen molar-refractivity contribution < 1.29 is 4.79 Å². The Kier molecular flexibility index (Phi) is 4.69.